The smallest absolute Gasteiger partial charge is 0.237 e. The van der Waals surface area contributed by atoms with E-state index < -0.39 is 0 Å². The first-order chi connectivity index (χ1) is 9.24. The first kappa shape index (κ1) is 12.7. The minimum atomic E-state index is -0.0630. The Kier molecular flexibility index (Phi) is 3.60. The second-order valence-electron chi connectivity index (χ2n) is 5.85. The van der Waals surface area contributed by atoms with Gasteiger partial charge < -0.3 is 15.1 Å². The normalized spacial score (nSPS) is 31.7. The van der Waals surface area contributed by atoms with Gasteiger partial charge in [0.1, 0.15) is 5.76 Å². The Morgan fingerprint density at radius 2 is 2.32 bits per heavy atom. The van der Waals surface area contributed by atoms with E-state index in [0.717, 1.165) is 12.2 Å². The van der Waals surface area contributed by atoms with Gasteiger partial charge >= 0.3 is 0 Å². The number of rotatable bonds is 3. The number of nitrogens with one attached hydrogen (secondary N) is 2. The average Bonchev–Trinajstić information content (AvgIpc) is 3.07. The Morgan fingerprint density at radius 1 is 1.47 bits per heavy atom. The average molecular weight is 262 g/mol. The van der Waals surface area contributed by atoms with Crippen LogP contribution in [-0.4, -0.2) is 18.0 Å². The molecule has 3 unspecified atom stereocenters. The molecule has 1 aromatic rings. The van der Waals surface area contributed by atoms with Gasteiger partial charge in [0.05, 0.1) is 18.3 Å². The number of furan rings is 1. The monoisotopic (exact) mass is 262 g/mol. The maximum Gasteiger partial charge on any atom is 0.237 e. The molecule has 2 N–H and O–H groups in total. The highest BCUT2D eigenvalue weighted by Crippen LogP contribution is 2.33. The van der Waals surface area contributed by atoms with Crippen molar-refractivity contribution in [2.24, 2.45) is 5.92 Å². The summed E-state index contributed by atoms with van der Waals surface area (Å²) in [4.78, 5) is 12.3. The summed E-state index contributed by atoms with van der Waals surface area (Å²) in [6.45, 7) is 1.96. The highest BCUT2D eigenvalue weighted by molar-refractivity contribution is 5.82. The van der Waals surface area contributed by atoms with Gasteiger partial charge in [-0.2, -0.15) is 0 Å². The topological polar surface area (TPSA) is 54.3 Å². The van der Waals surface area contributed by atoms with Gasteiger partial charge in [-0.05, 0) is 44.2 Å². The summed E-state index contributed by atoms with van der Waals surface area (Å²) in [5, 5.41) is 6.54. The van der Waals surface area contributed by atoms with Crippen LogP contribution >= 0.6 is 0 Å². The van der Waals surface area contributed by atoms with Crippen molar-refractivity contribution in [1.29, 1.82) is 0 Å². The van der Waals surface area contributed by atoms with Gasteiger partial charge in [-0.25, -0.2) is 0 Å². The number of carbonyl (C=O) groups is 1. The molecule has 1 aliphatic carbocycles. The van der Waals surface area contributed by atoms with E-state index in [4.69, 9.17) is 4.42 Å². The third kappa shape index (κ3) is 2.68. The molecular formula is C15H22N2O2. The Morgan fingerprint density at radius 3 is 3.05 bits per heavy atom. The molecule has 104 valence electrons. The van der Waals surface area contributed by atoms with Crippen LogP contribution in [0.5, 0.6) is 0 Å². The zero-order chi connectivity index (χ0) is 13.2. The van der Waals surface area contributed by atoms with Gasteiger partial charge in [0.25, 0.3) is 0 Å². The van der Waals surface area contributed by atoms with Crippen LogP contribution in [0.2, 0.25) is 0 Å². The van der Waals surface area contributed by atoms with Gasteiger partial charge in [0.15, 0.2) is 0 Å². The summed E-state index contributed by atoms with van der Waals surface area (Å²) in [6, 6.07) is 4.22. The lowest BCUT2D eigenvalue weighted by Gasteiger charge is -2.24. The number of hydrogen-bond donors (Lipinski definition) is 2. The maximum atomic E-state index is 12.3. The molecule has 1 saturated carbocycles. The van der Waals surface area contributed by atoms with Crippen LogP contribution in [0.3, 0.4) is 0 Å². The highest BCUT2D eigenvalue weighted by Gasteiger charge is 2.38. The minimum Gasteiger partial charge on any atom is -0.467 e. The number of hydrogen-bond acceptors (Lipinski definition) is 3. The molecule has 1 aliphatic heterocycles. The Hall–Kier alpha value is -1.29. The molecule has 19 heavy (non-hydrogen) atoms. The second kappa shape index (κ2) is 5.37. The predicted octanol–water partition coefficient (Wildman–Crippen LogP) is 2.38. The standard InChI is InChI=1S/C15H22N2O2/c1-10(14-7-4-8-19-14)16-15(18)13-9-11-5-2-3-6-12(11)17-13/h4,7-8,10-13,17H,2-3,5-6,9H2,1H3,(H,16,18)/t10-,11?,12?,13?/m0/s1. The van der Waals surface area contributed by atoms with Crippen LogP contribution in [0.25, 0.3) is 0 Å². The minimum absolute atomic E-state index is 0.0227. The van der Waals surface area contributed by atoms with Crippen LogP contribution in [0.4, 0.5) is 0 Å². The van der Waals surface area contributed by atoms with E-state index in [9.17, 15) is 4.79 Å². The van der Waals surface area contributed by atoms with Gasteiger partial charge in [-0.3, -0.25) is 4.79 Å². The van der Waals surface area contributed by atoms with E-state index in [2.05, 4.69) is 10.6 Å². The van der Waals surface area contributed by atoms with Gasteiger partial charge in [0, 0.05) is 6.04 Å². The lowest BCUT2D eigenvalue weighted by molar-refractivity contribution is -0.123. The number of fused-ring (bicyclic) bond motifs is 1. The highest BCUT2D eigenvalue weighted by atomic mass is 16.3. The van der Waals surface area contributed by atoms with E-state index in [-0.39, 0.29) is 18.0 Å². The van der Waals surface area contributed by atoms with Crippen LogP contribution in [0.15, 0.2) is 22.8 Å². The predicted molar refractivity (Wildman–Crippen MR) is 72.6 cm³/mol. The summed E-state index contributed by atoms with van der Waals surface area (Å²) in [6.07, 6.45) is 7.74. The van der Waals surface area contributed by atoms with Crippen molar-refractivity contribution in [2.45, 2.75) is 57.2 Å². The third-order valence-electron chi connectivity index (χ3n) is 4.51. The van der Waals surface area contributed by atoms with Crippen LogP contribution in [-0.2, 0) is 4.79 Å². The quantitative estimate of drug-likeness (QED) is 0.879. The van der Waals surface area contributed by atoms with Crippen molar-refractivity contribution in [3.63, 3.8) is 0 Å². The fraction of sp³-hybridized carbons (Fsp3) is 0.667. The molecule has 0 bridgehead atoms. The van der Waals surface area contributed by atoms with E-state index in [0.29, 0.717) is 12.0 Å². The molecule has 1 aromatic heterocycles. The second-order valence-corrected chi connectivity index (χ2v) is 5.85. The molecule has 1 saturated heterocycles. The Labute approximate surface area is 113 Å². The van der Waals surface area contributed by atoms with Crippen molar-refractivity contribution in [1.82, 2.24) is 10.6 Å². The van der Waals surface area contributed by atoms with Crippen molar-refractivity contribution in [2.75, 3.05) is 0 Å². The first-order valence-corrected chi connectivity index (χ1v) is 7.34. The summed E-state index contributed by atoms with van der Waals surface area (Å²) in [5.41, 5.74) is 0. The molecule has 0 spiro atoms. The Balaban J connectivity index is 1.56. The lowest BCUT2D eigenvalue weighted by atomic mass is 9.85. The van der Waals surface area contributed by atoms with Crippen molar-refractivity contribution in [3.05, 3.63) is 24.2 Å². The van der Waals surface area contributed by atoms with E-state index in [1.54, 1.807) is 6.26 Å². The molecular weight excluding hydrogens is 240 g/mol. The summed E-state index contributed by atoms with van der Waals surface area (Å²) >= 11 is 0. The van der Waals surface area contributed by atoms with Crippen molar-refractivity contribution in [3.8, 4) is 0 Å². The molecule has 2 aliphatic rings. The summed E-state index contributed by atoms with van der Waals surface area (Å²) in [5.74, 6) is 1.62. The summed E-state index contributed by atoms with van der Waals surface area (Å²) < 4.78 is 5.32. The SMILES string of the molecule is C[C@H](NC(=O)C1CC2CCCCC2N1)c1ccco1. The molecule has 4 atom stereocenters. The molecule has 1 amide bonds. The first-order valence-electron chi connectivity index (χ1n) is 7.34. The molecule has 2 fully saturated rings. The fourth-order valence-corrected chi connectivity index (χ4v) is 3.44. The molecule has 0 radical (unpaired) electrons. The lowest BCUT2D eigenvalue weighted by Crippen LogP contribution is -2.43. The molecule has 0 aromatic carbocycles. The number of carbonyl (C=O) groups excluding carboxylic acids is 1. The maximum absolute atomic E-state index is 12.3. The van der Waals surface area contributed by atoms with Crippen molar-refractivity contribution >= 4 is 5.91 Å². The van der Waals surface area contributed by atoms with E-state index in [1.807, 2.05) is 19.1 Å². The van der Waals surface area contributed by atoms with E-state index in [1.165, 1.54) is 25.7 Å². The summed E-state index contributed by atoms with van der Waals surface area (Å²) in [7, 11) is 0. The third-order valence-corrected chi connectivity index (χ3v) is 4.51. The fourth-order valence-electron chi connectivity index (χ4n) is 3.44. The van der Waals surface area contributed by atoms with Crippen molar-refractivity contribution < 1.29 is 9.21 Å². The molecule has 4 nitrogen and oxygen atoms in total. The van der Waals surface area contributed by atoms with Gasteiger partial charge in [-0.1, -0.05) is 12.8 Å². The molecule has 3 rings (SSSR count). The van der Waals surface area contributed by atoms with Crippen LogP contribution in [0, 0.1) is 5.92 Å². The molecule has 2 heterocycles. The zero-order valence-corrected chi connectivity index (χ0v) is 11.4. The van der Waals surface area contributed by atoms with Gasteiger partial charge in [-0.15, -0.1) is 0 Å². The Bertz CT molecular complexity index is 415. The largest absolute Gasteiger partial charge is 0.467 e. The zero-order valence-electron chi connectivity index (χ0n) is 11.4. The van der Waals surface area contributed by atoms with Gasteiger partial charge in [0.2, 0.25) is 5.91 Å². The number of amides is 1. The van der Waals surface area contributed by atoms with Crippen LogP contribution < -0.4 is 10.6 Å². The van der Waals surface area contributed by atoms with E-state index >= 15 is 0 Å². The molecule has 4 heteroatoms. The van der Waals surface area contributed by atoms with Crippen LogP contribution in [0.1, 0.15) is 50.8 Å².